The molecule has 0 aliphatic heterocycles. The summed E-state index contributed by atoms with van der Waals surface area (Å²) < 4.78 is 15.5. The predicted molar refractivity (Wildman–Crippen MR) is 120 cm³/mol. The minimum atomic E-state index is -0.183. The van der Waals surface area contributed by atoms with Gasteiger partial charge in [-0.3, -0.25) is 0 Å². The second kappa shape index (κ2) is 9.53. The Morgan fingerprint density at radius 1 is 1.26 bits per heavy atom. The van der Waals surface area contributed by atoms with Crippen molar-refractivity contribution in [1.82, 2.24) is 0 Å². The summed E-state index contributed by atoms with van der Waals surface area (Å²) in [5.41, 5.74) is 5.48. The maximum Gasteiger partial charge on any atom is 0.330 e. The van der Waals surface area contributed by atoms with E-state index < -0.39 is 0 Å². The van der Waals surface area contributed by atoms with Gasteiger partial charge in [-0.15, -0.1) is 9.32 Å². The van der Waals surface area contributed by atoms with Crippen molar-refractivity contribution < 1.29 is 23.0 Å². The molecule has 7 heteroatoms. The van der Waals surface area contributed by atoms with Gasteiger partial charge in [0.05, 0.1) is 6.61 Å². The van der Waals surface area contributed by atoms with Gasteiger partial charge >= 0.3 is 5.97 Å². The van der Waals surface area contributed by atoms with Crippen molar-refractivity contribution in [2.45, 2.75) is 71.6 Å². The van der Waals surface area contributed by atoms with E-state index in [1.165, 1.54) is 35.1 Å². The van der Waals surface area contributed by atoms with Crippen LogP contribution in [0.25, 0.3) is 0 Å². The van der Waals surface area contributed by atoms with E-state index in [1.54, 1.807) is 6.08 Å². The number of ether oxygens (including phenoxy) is 1. The van der Waals surface area contributed by atoms with Gasteiger partial charge in [-0.05, 0) is 97.8 Å². The van der Waals surface area contributed by atoms with Crippen LogP contribution in [0.1, 0.15) is 75.5 Å². The van der Waals surface area contributed by atoms with Crippen molar-refractivity contribution in [1.29, 1.82) is 0 Å². The molecule has 0 saturated heterocycles. The number of carbonyl (C=O) groups is 1. The Hall–Kier alpha value is -1.54. The highest BCUT2D eigenvalue weighted by Gasteiger charge is 2.52. The van der Waals surface area contributed by atoms with Gasteiger partial charge in [-0.2, -0.15) is 5.90 Å². The maximum atomic E-state index is 12.1. The third-order valence-corrected chi connectivity index (χ3v) is 8.29. The summed E-state index contributed by atoms with van der Waals surface area (Å²) >= 11 is 0.739. The molecule has 31 heavy (non-hydrogen) atoms. The molecule has 2 fully saturated rings. The lowest BCUT2D eigenvalue weighted by Crippen LogP contribution is -2.40. The van der Waals surface area contributed by atoms with Crippen LogP contribution < -0.4 is 10.1 Å². The van der Waals surface area contributed by atoms with E-state index >= 15 is 0 Å². The average molecular weight is 448 g/mol. The molecule has 170 valence electrons. The number of rotatable bonds is 7. The van der Waals surface area contributed by atoms with Crippen LogP contribution in [-0.2, 0) is 31.7 Å². The highest BCUT2D eigenvalue weighted by Crippen LogP contribution is 2.63. The molecule has 0 heterocycles. The average Bonchev–Trinajstić information content (AvgIpc) is 3.09. The number of allylic oxidation sites excluding steroid dienone is 1. The Morgan fingerprint density at radius 2 is 2.10 bits per heavy atom. The van der Waals surface area contributed by atoms with E-state index in [9.17, 15) is 4.79 Å². The lowest BCUT2D eigenvalue weighted by molar-refractivity contribution is -0.199. The second-order valence-corrected chi connectivity index (χ2v) is 9.60. The quantitative estimate of drug-likeness (QED) is 0.150. The van der Waals surface area contributed by atoms with Crippen LogP contribution in [0.15, 0.2) is 23.8 Å². The van der Waals surface area contributed by atoms with Crippen molar-refractivity contribution in [3.63, 3.8) is 0 Å². The van der Waals surface area contributed by atoms with Gasteiger partial charge in [0.2, 0.25) is 0 Å². The fourth-order valence-corrected chi connectivity index (χ4v) is 6.77. The fourth-order valence-electron chi connectivity index (χ4n) is 6.48. The van der Waals surface area contributed by atoms with Crippen molar-refractivity contribution in [2.75, 3.05) is 6.61 Å². The Morgan fingerprint density at radius 3 is 2.84 bits per heavy atom. The summed E-state index contributed by atoms with van der Waals surface area (Å²) in [6, 6.07) is 4.52. The highest BCUT2D eigenvalue weighted by molar-refractivity contribution is 7.90. The summed E-state index contributed by atoms with van der Waals surface area (Å²) in [5.74, 6) is 7.42. The maximum absolute atomic E-state index is 12.1. The van der Waals surface area contributed by atoms with E-state index in [-0.39, 0.29) is 11.4 Å². The first-order valence-corrected chi connectivity index (χ1v) is 12.1. The molecule has 2 saturated carbocycles. The number of esters is 1. The first kappa shape index (κ1) is 22.6. The highest BCUT2D eigenvalue weighted by atomic mass is 32.2. The molecular formula is C24H33NO5S. The van der Waals surface area contributed by atoms with E-state index in [4.69, 9.17) is 14.8 Å². The molecule has 4 atom stereocenters. The Bertz CT molecular complexity index is 857. The Balaban J connectivity index is 1.58. The molecule has 0 spiro atoms. The van der Waals surface area contributed by atoms with Gasteiger partial charge < -0.3 is 8.92 Å². The van der Waals surface area contributed by atoms with Crippen LogP contribution in [0.2, 0.25) is 0 Å². The predicted octanol–water partition coefficient (Wildman–Crippen LogP) is 5.36. The number of benzene rings is 1. The molecular weight excluding hydrogens is 414 g/mol. The zero-order valence-electron chi connectivity index (χ0n) is 18.6. The molecule has 3 unspecified atom stereocenters. The first-order chi connectivity index (χ1) is 15.0. The molecule has 0 aromatic heterocycles. The van der Waals surface area contributed by atoms with E-state index in [0.29, 0.717) is 24.4 Å². The molecule has 3 aliphatic carbocycles. The smallest absolute Gasteiger partial charge is 0.330 e. The van der Waals surface area contributed by atoms with Gasteiger partial charge in [0.15, 0.2) is 0 Å². The van der Waals surface area contributed by atoms with Crippen LogP contribution in [0.5, 0.6) is 5.75 Å². The molecule has 2 N–H and O–H groups in total. The second-order valence-electron chi connectivity index (χ2n) is 9.16. The van der Waals surface area contributed by atoms with Gasteiger partial charge in [-0.25, -0.2) is 4.79 Å². The molecule has 0 radical (unpaired) electrons. The van der Waals surface area contributed by atoms with Crippen molar-refractivity contribution in [3.8, 4) is 5.75 Å². The number of fused-ring (bicyclic) bond motifs is 5. The summed E-state index contributed by atoms with van der Waals surface area (Å²) in [6.45, 7) is 6.81. The van der Waals surface area contributed by atoms with Crippen molar-refractivity contribution in [3.05, 3.63) is 40.5 Å². The third-order valence-electron chi connectivity index (χ3n) is 7.90. The van der Waals surface area contributed by atoms with Crippen LogP contribution in [0.3, 0.4) is 0 Å². The first-order valence-electron chi connectivity index (χ1n) is 11.4. The molecule has 4 rings (SSSR count). The number of hydrogen-bond acceptors (Lipinski definition) is 7. The van der Waals surface area contributed by atoms with Gasteiger partial charge in [0, 0.05) is 6.08 Å². The van der Waals surface area contributed by atoms with Gasteiger partial charge in [-0.1, -0.05) is 25.5 Å². The van der Waals surface area contributed by atoms with Crippen LogP contribution >= 0.6 is 12.3 Å². The van der Waals surface area contributed by atoms with E-state index in [2.05, 4.69) is 35.3 Å². The molecule has 1 aromatic carbocycles. The summed E-state index contributed by atoms with van der Waals surface area (Å²) in [4.78, 5) is 16.2. The Labute approximate surface area is 189 Å². The normalized spacial score (nSPS) is 30.5. The number of aryl methyl sites for hydroxylation is 2. The standard InChI is InChI=1S/C24H33NO5S/c1-4-15-12-20-16(13-22(15)28-31-30-29-25)6-8-19-18(20)10-11-24(3)17(7-9-21(19)24)14-23(26)27-5-2/h12-14,18-19,21H,4-11,25H2,1-3H3/b17-14+/t18?,19?,21?,24-/m1/s1. The summed E-state index contributed by atoms with van der Waals surface area (Å²) in [6.07, 6.45) is 9.40. The minimum Gasteiger partial charge on any atom is -0.463 e. The number of carbonyl (C=O) groups excluding carboxylic acids is 1. The van der Waals surface area contributed by atoms with Crippen LogP contribution in [0, 0.1) is 17.3 Å². The van der Waals surface area contributed by atoms with Gasteiger partial charge in [0.25, 0.3) is 12.3 Å². The van der Waals surface area contributed by atoms with Crippen molar-refractivity contribution >= 4 is 18.3 Å². The third kappa shape index (κ3) is 4.25. The number of nitrogens with two attached hydrogens (primary N) is 1. The number of hydrogen-bond donors (Lipinski definition) is 1. The summed E-state index contributed by atoms with van der Waals surface area (Å²) in [7, 11) is 0. The summed E-state index contributed by atoms with van der Waals surface area (Å²) in [5, 5.41) is 0. The SMILES string of the molecule is CCOC(=O)/C=C1\CCC2C3CCc4cc(OSOON)c(CC)cc4C3CC[C@]12C. The minimum absolute atomic E-state index is 0.123. The lowest BCUT2D eigenvalue weighted by Gasteiger charge is -2.49. The topological polar surface area (TPSA) is 80.0 Å². The Kier molecular flexibility index (Phi) is 6.96. The van der Waals surface area contributed by atoms with Crippen LogP contribution in [-0.4, -0.2) is 12.6 Å². The van der Waals surface area contributed by atoms with E-state index in [0.717, 1.165) is 50.2 Å². The van der Waals surface area contributed by atoms with Crippen molar-refractivity contribution in [2.24, 2.45) is 23.1 Å². The lowest BCUT2D eigenvalue weighted by atomic mass is 9.55. The van der Waals surface area contributed by atoms with Crippen LogP contribution in [0.4, 0.5) is 0 Å². The van der Waals surface area contributed by atoms with E-state index in [1.807, 2.05) is 6.92 Å². The monoisotopic (exact) mass is 447 g/mol. The zero-order chi connectivity index (χ0) is 22.0. The molecule has 3 aliphatic rings. The van der Waals surface area contributed by atoms with Gasteiger partial charge in [0.1, 0.15) is 5.75 Å². The fraction of sp³-hybridized carbons (Fsp3) is 0.625. The largest absolute Gasteiger partial charge is 0.463 e. The molecule has 1 aromatic rings. The zero-order valence-corrected chi connectivity index (χ0v) is 19.5. The molecule has 6 nitrogen and oxygen atoms in total. The molecule has 0 amide bonds. The molecule has 0 bridgehead atoms.